The van der Waals surface area contributed by atoms with Gasteiger partial charge in [-0.15, -0.1) is 11.3 Å². The van der Waals surface area contributed by atoms with E-state index in [4.69, 9.17) is 16.3 Å². The minimum Gasteiger partial charge on any atom is -0.482 e. The lowest BCUT2D eigenvalue weighted by Gasteiger charge is -2.35. The number of nitro benzene ring substituents is 1. The molecule has 2 heterocycles. The van der Waals surface area contributed by atoms with Gasteiger partial charge in [0.2, 0.25) is 0 Å². The molecule has 1 atom stereocenters. The van der Waals surface area contributed by atoms with Gasteiger partial charge in [0, 0.05) is 23.6 Å². The van der Waals surface area contributed by atoms with E-state index in [1.807, 2.05) is 4.90 Å². The Balaban J connectivity index is 1.68. The van der Waals surface area contributed by atoms with Crippen LogP contribution in [0.1, 0.15) is 29.8 Å². The maximum atomic E-state index is 12.6. The number of amides is 1. The Morgan fingerprint density at radius 2 is 2.28 bits per heavy atom. The zero-order chi connectivity index (χ0) is 18.0. The summed E-state index contributed by atoms with van der Waals surface area (Å²) in [6, 6.07) is 6.09. The average Bonchev–Trinajstić information content (AvgIpc) is 3.08. The number of fused-ring (bicyclic) bond motifs is 1. The summed E-state index contributed by atoms with van der Waals surface area (Å²) < 4.78 is 5.51. The van der Waals surface area contributed by atoms with Crippen molar-refractivity contribution >= 4 is 34.5 Å². The molecule has 0 fully saturated rings. The quantitative estimate of drug-likeness (QED) is 0.575. The van der Waals surface area contributed by atoms with Crippen LogP contribution in [0.15, 0.2) is 29.6 Å². The lowest BCUT2D eigenvalue weighted by molar-refractivity contribution is -0.384. The van der Waals surface area contributed by atoms with E-state index in [9.17, 15) is 14.9 Å². The number of hydrogen-bond donors (Lipinski definition) is 0. The molecule has 1 aromatic heterocycles. The summed E-state index contributed by atoms with van der Waals surface area (Å²) in [6.45, 7) is 2.58. The Kier molecular flexibility index (Phi) is 5.24. The second-order valence-electron chi connectivity index (χ2n) is 5.72. The van der Waals surface area contributed by atoms with Crippen molar-refractivity contribution in [2.75, 3.05) is 13.2 Å². The summed E-state index contributed by atoms with van der Waals surface area (Å²) >= 11 is 7.73. The second-order valence-corrected chi connectivity index (χ2v) is 7.13. The van der Waals surface area contributed by atoms with Crippen LogP contribution in [0.3, 0.4) is 0 Å². The third-order valence-corrected chi connectivity index (χ3v) is 5.57. The maximum absolute atomic E-state index is 12.6. The van der Waals surface area contributed by atoms with Gasteiger partial charge in [0.25, 0.3) is 11.6 Å². The Labute approximate surface area is 154 Å². The number of nitro groups is 1. The van der Waals surface area contributed by atoms with E-state index in [-0.39, 0.29) is 35.0 Å². The van der Waals surface area contributed by atoms with Gasteiger partial charge in [-0.1, -0.05) is 18.5 Å². The minimum atomic E-state index is -0.529. The molecule has 0 spiro atoms. The number of nitrogens with zero attached hydrogens (tertiary/aromatic N) is 2. The number of hydrogen-bond acceptors (Lipinski definition) is 5. The molecule has 3 rings (SSSR count). The van der Waals surface area contributed by atoms with E-state index < -0.39 is 4.92 Å². The highest BCUT2D eigenvalue weighted by Crippen LogP contribution is 2.35. The molecule has 0 aliphatic carbocycles. The number of halogens is 1. The van der Waals surface area contributed by atoms with Crippen molar-refractivity contribution in [3.63, 3.8) is 0 Å². The monoisotopic (exact) mass is 380 g/mol. The van der Waals surface area contributed by atoms with E-state index in [1.165, 1.54) is 28.6 Å². The number of carbonyl (C=O) groups excluding carboxylic acids is 1. The summed E-state index contributed by atoms with van der Waals surface area (Å²) in [5, 5.41) is 12.9. The minimum absolute atomic E-state index is 0.0680. The van der Waals surface area contributed by atoms with Crippen molar-refractivity contribution in [3.8, 4) is 5.75 Å². The van der Waals surface area contributed by atoms with Crippen molar-refractivity contribution < 1.29 is 14.5 Å². The zero-order valence-electron chi connectivity index (χ0n) is 13.6. The molecule has 1 aromatic carbocycles. The first-order valence-corrected chi connectivity index (χ1v) is 9.19. The van der Waals surface area contributed by atoms with Crippen LogP contribution in [0.4, 0.5) is 5.69 Å². The summed E-state index contributed by atoms with van der Waals surface area (Å²) in [7, 11) is 0. The van der Waals surface area contributed by atoms with Crippen molar-refractivity contribution in [2.45, 2.75) is 25.8 Å². The first-order chi connectivity index (χ1) is 12.0. The van der Waals surface area contributed by atoms with E-state index in [2.05, 4.69) is 18.4 Å². The summed E-state index contributed by atoms with van der Waals surface area (Å²) in [5.41, 5.74) is 1.11. The molecule has 1 aliphatic heterocycles. The fourth-order valence-corrected chi connectivity index (χ4v) is 4.24. The Morgan fingerprint density at radius 3 is 2.96 bits per heavy atom. The van der Waals surface area contributed by atoms with Gasteiger partial charge in [0.15, 0.2) is 6.61 Å². The molecule has 8 heteroatoms. The Bertz CT molecular complexity index is 808. The number of carbonyl (C=O) groups is 1. The van der Waals surface area contributed by atoms with Crippen LogP contribution < -0.4 is 4.74 Å². The van der Waals surface area contributed by atoms with Crippen LogP contribution in [-0.4, -0.2) is 28.9 Å². The molecule has 0 bridgehead atoms. The van der Waals surface area contributed by atoms with Gasteiger partial charge in [0.1, 0.15) is 5.75 Å². The third-order valence-electron chi connectivity index (χ3n) is 4.28. The Hall–Kier alpha value is -2.12. The summed E-state index contributed by atoms with van der Waals surface area (Å²) in [5.74, 6) is 0.153. The van der Waals surface area contributed by atoms with Crippen LogP contribution in [0, 0.1) is 10.1 Å². The van der Waals surface area contributed by atoms with Crippen LogP contribution in [0.2, 0.25) is 5.02 Å². The third kappa shape index (κ3) is 3.62. The number of non-ortho nitro benzene ring substituents is 1. The fraction of sp³-hybridized carbons (Fsp3) is 0.353. The molecular formula is C17H17ClN2O4S. The molecule has 25 heavy (non-hydrogen) atoms. The van der Waals surface area contributed by atoms with Gasteiger partial charge in [-0.3, -0.25) is 14.9 Å². The molecule has 0 N–H and O–H groups in total. The van der Waals surface area contributed by atoms with E-state index in [0.717, 1.165) is 12.8 Å². The summed E-state index contributed by atoms with van der Waals surface area (Å²) in [4.78, 5) is 26.0. The van der Waals surface area contributed by atoms with Crippen molar-refractivity contribution in [1.82, 2.24) is 4.90 Å². The largest absolute Gasteiger partial charge is 0.482 e. The normalized spacial score (nSPS) is 16.4. The first kappa shape index (κ1) is 17.7. The van der Waals surface area contributed by atoms with E-state index in [0.29, 0.717) is 6.54 Å². The van der Waals surface area contributed by atoms with E-state index >= 15 is 0 Å². The number of thiophene rings is 1. The van der Waals surface area contributed by atoms with Crippen LogP contribution in [-0.2, 0) is 11.2 Å². The predicted octanol–water partition coefficient (Wildman–Crippen LogP) is 4.22. The smallest absolute Gasteiger partial charge is 0.271 e. The molecule has 1 unspecified atom stereocenters. The van der Waals surface area contributed by atoms with Crippen LogP contribution in [0.25, 0.3) is 0 Å². The number of benzene rings is 1. The molecule has 0 radical (unpaired) electrons. The fourth-order valence-electron chi connectivity index (χ4n) is 3.08. The molecular weight excluding hydrogens is 364 g/mol. The van der Waals surface area contributed by atoms with Gasteiger partial charge in [0.05, 0.1) is 16.0 Å². The van der Waals surface area contributed by atoms with Gasteiger partial charge < -0.3 is 9.64 Å². The highest BCUT2D eigenvalue weighted by molar-refractivity contribution is 7.10. The molecule has 2 aromatic rings. The van der Waals surface area contributed by atoms with Gasteiger partial charge in [-0.05, 0) is 35.9 Å². The molecule has 0 saturated heterocycles. The van der Waals surface area contributed by atoms with Crippen LogP contribution in [0.5, 0.6) is 5.75 Å². The zero-order valence-corrected chi connectivity index (χ0v) is 15.2. The van der Waals surface area contributed by atoms with Crippen LogP contribution >= 0.6 is 22.9 Å². The molecule has 0 saturated carbocycles. The second kappa shape index (κ2) is 7.41. The Morgan fingerprint density at radius 1 is 1.48 bits per heavy atom. The highest BCUT2D eigenvalue weighted by Gasteiger charge is 2.30. The van der Waals surface area contributed by atoms with Gasteiger partial charge >= 0.3 is 0 Å². The van der Waals surface area contributed by atoms with Gasteiger partial charge in [-0.2, -0.15) is 0 Å². The molecule has 6 nitrogen and oxygen atoms in total. The molecule has 132 valence electrons. The summed E-state index contributed by atoms with van der Waals surface area (Å²) in [6.07, 6.45) is 1.70. The number of ether oxygens (including phenoxy) is 1. The average molecular weight is 381 g/mol. The predicted molar refractivity (Wildman–Crippen MR) is 96.4 cm³/mol. The lowest BCUT2D eigenvalue weighted by Crippen LogP contribution is -2.41. The lowest BCUT2D eigenvalue weighted by atomic mass is 9.98. The van der Waals surface area contributed by atoms with Crippen molar-refractivity contribution in [3.05, 3.63) is 55.2 Å². The van der Waals surface area contributed by atoms with Crippen molar-refractivity contribution in [1.29, 1.82) is 0 Å². The maximum Gasteiger partial charge on any atom is 0.271 e. The number of rotatable bonds is 5. The first-order valence-electron chi connectivity index (χ1n) is 7.93. The standard InChI is InChI=1S/C17H17ClN2O4S/c1-2-14-12-6-8-25-16(12)5-7-19(14)17(21)10-24-15-4-3-11(20(22)23)9-13(15)18/h3-4,6,8-9,14H,2,5,7,10H2,1H3. The molecule has 1 aliphatic rings. The molecule has 1 amide bonds. The topological polar surface area (TPSA) is 72.7 Å². The SMILES string of the molecule is CCC1c2ccsc2CCN1C(=O)COc1ccc([N+](=O)[O-])cc1Cl. The highest BCUT2D eigenvalue weighted by atomic mass is 35.5. The van der Waals surface area contributed by atoms with Gasteiger partial charge in [-0.25, -0.2) is 0 Å². The van der Waals surface area contributed by atoms with E-state index in [1.54, 1.807) is 11.3 Å². The van der Waals surface area contributed by atoms with Crippen molar-refractivity contribution in [2.24, 2.45) is 0 Å².